The van der Waals surface area contributed by atoms with E-state index in [1.54, 1.807) is 0 Å². The summed E-state index contributed by atoms with van der Waals surface area (Å²) >= 11 is 0. The average molecular weight is 511 g/mol. The van der Waals surface area contributed by atoms with Crippen LogP contribution in [0.25, 0.3) is 6.08 Å². The number of benzene rings is 5. The predicted molar refractivity (Wildman–Crippen MR) is 156 cm³/mol. The molecule has 6 rings (SSSR count). The molecule has 1 atom stereocenters. The van der Waals surface area contributed by atoms with Gasteiger partial charge in [0.15, 0.2) is 11.5 Å². The molecule has 3 nitrogen and oxygen atoms in total. The van der Waals surface area contributed by atoms with Gasteiger partial charge in [-0.1, -0.05) is 115 Å². The highest BCUT2D eigenvalue weighted by Crippen LogP contribution is 2.42. The first-order valence-electron chi connectivity index (χ1n) is 13.3. The van der Waals surface area contributed by atoms with E-state index >= 15 is 0 Å². The maximum absolute atomic E-state index is 6.34. The molecule has 0 amide bonds. The van der Waals surface area contributed by atoms with Crippen molar-refractivity contribution in [1.82, 2.24) is 0 Å². The lowest BCUT2D eigenvalue weighted by Crippen LogP contribution is -2.03. The standard InChI is InChI=1S/C36H30O3/c1-4-10-27(11-5-1)24-37-32-19-16-30(17-20-32)33-21-18-31-22-35(38-25-28-12-6-2-7-13-28)36(23-34(31)33)39-26-29-14-8-3-9-15-29/h1-23,33H,24-26H2. The van der Waals surface area contributed by atoms with Gasteiger partial charge in [-0.2, -0.15) is 0 Å². The quantitative estimate of drug-likeness (QED) is 0.188. The average Bonchev–Trinajstić information content (AvgIpc) is 3.42. The third kappa shape index (κ3) is 6.05. The lowest BCUT2D eigenvalue weighted by atomic mass is 9.92. The summed E-state index contributed by atoms with van der Waals surface area (Å²) in [6.45, 7) is 1.52. The van der Waals surface area contributed by atoms with E-state index in [2.05, 4.69) is 72.8 Å². The summed E-state index contributed by atoms with van der Waals surface area (Å²) < 4.78 is 18.6. The Labute approximate surface area is 229 Å². The zero-order chi connectivity index (χ0) is 26.3. The number of fused-ring (bicyclic) bond motifs is 1. The minimum atomic E-state index is 0.144. The second-order valence-corrected chi connectivity index (χ2v) is 9.66. The monoisotopic (exact) mass is 510 g/mol. The molecule has 0 saturated carbocycles. The normalized spacial score (nSPS) is 13.6. The lowest BCUT2D eigenvalue weighted by molar-refractivity contribution is 0.255. The zero-order valence-corrected chi connectivity index (χ0v) is 21.7. The lowest BCUT2D eigenvalue weighted by Gasteiger charge is -2.18. The van der Waals surface area contributed by atoms with E-state index in [-0.39, 0.29) is 5.92 Å². The van der Waals surface area contributed by atoms with Gasteiger partial charge in [0.2, 0.25) is 0 Å². The van der Waals surface area contributed by atoms with Gasteiger partial charge in [-0.3, -0.25) is 0 Å². The molecule has 0 N–H and O–H groups in total. The Balaban J connectivity index is 1.22. The van der Waals surface area contributed by atoms with E-state index in [0.29, 0.717) is 19.8 Å². The van der Waals surface area contributed by atoms with Crippen LogP contribution in [0.15, 0.2) is 133 Å². The maximum atomic E-state index is 6.34. The van der Waals surface area contributed by atoms with E-state index in [9.17, 15) is 0 Å². The van der Waals surface area contributed by atoms with E-state index in [1.165, 1.54) is 11.1 Å². The van der Waals surface area contributed by atoms with E-state index < -0.39 is 0 Å². The van der Waals surface area contributed by atoms with E-state index in [1.807, 2.05) is 66.7 Å². The van der Waals surface area contributed by atoms with Crippen LogP contribution < -0.4 is 14.2 Å². The Kier molecular flexibility index (Phi) is 7.40. The van der Waals surface area contributed by atoms with Crippen molar-refractivity contribution < 1.29 is 14.2 Å². The Morgan fingerprint density at radius 2 is 0.974 bits per heavy atom. The molecule has 192 valence electrons. The molecule has 0 fully saturated rings. The summed E-state index contributed by atoms with van der Waals surface area (Å²) in [5.74, 6) is 2.51. The van der Waals surface area contributed by atoms with Gasteiger partial charge in [0.25, 0.3) is 0 Å². The highest BCUT2D eigenvalue weighted by Gasteiger charge is 2.23. The van der Waals surface area contributed by atoms with Gasteiger partial charge in [0.1, 0.15) is 25.6 Å². The molecule has 5 aromatic rings. The van der Waals surface area contributed by atoms with E-state index in [0.717, 1.165) is 39.5 Å². The molecule has 0 spiro atoms. The predicted octanol–water partition coefficient (Wildman–Crippen LogP) is 8.58. The van der Waals surface area contributed by atoms with Crippen LogP contribution in [0.1, 0.15) is 39.3 Å². The molecule has 1 aliphatic rings. The highest BCUT2D eigenvalue weighted by molar-refractivity contribution is 5.69. The summed E-state index contributed by atoms with van der Waals surface area (Å²) in [4.78, 5) is 0. The Hall–Kier alpha value is -4.76. The largest absolute Gasteiger partial charge is 0.489 e. The van der Waals surface area contributed by atoms with Crippen molar-refractivity contribution in [1.29, 1.82) is 0 Å². The van der Waals surface area contributed by atoms with Crippen LogP contribution >= 0.6 is 0 Å². The third-order valence-electron chi connectivity index (χ3n) is 6.91. The van der Waals surface area contributed by atoms with Gasteiger partial charge >= 0.3 is 0 Å². The molecule has 0 aliphatic heterocycles. The molecular formula is C36H30O3. The Morgan fingerprint density at radius 3 is 1.51 bits per heavy atom. The van der Waals surface area contributed by atoms with Crippen molar-refractivity contribution in [2.75, 3.05) is 0 Å². The minimum absolute atomic E-state index is 0.144. The van der Waals surface area contributed by atoms with Crippen molar-refractivity contribution in [2.45, 2.75) is 25.7 Å². The molecule has 1 aliphatic carbocycles. The summed E-state index contributed by atoms with van der Waals surface area (Å²) in [6.07, 6.45) is 4.42. The van der Waals surface area contributed by atoms with E-state index in [4.69, 9.17) is 14.2 Å². The topological polar surface area (TPSA) is 27.7 Å². The van der Waals surface area contributed by atoms with Crippen LogP contribution in [-0.2, 0) is 19.8 Å². The molecule has 5 aromatic carbocycles. The van der Waals surface area contributed by atoms with Crippen molar-refractivity contribution in [2.24, 2.45) is 0 Å². The minimum Gasteiger partial charge on any atom is -0.489 e. The van der Waals surface area contributed by atoms with Crippen LogP contribution in [0.3, 0.4) is 0 Å². The number of allylic oxidation sites excluding steroid dienone is 1. The van der Waals surface area contributed by atoms with Gasteiger partial charge < -0.3 is 14.2 Å². The fourth-order valence-corrected chi connectivity index (χ4v) is 4.81. The van der Waals surface area contributed by atoms with Crippen LogP contribution in [0.2, 0.25) is 0 Å². The second kappa shape index (κ2) is 11.7. The van der Waals surface area contributed by atoms with Crippen molar-refractivity contribution in [3.8, 4) is 17.2 Å². The number of hydrogen-bond donors (Lipinski definition) is 0. The third-order valence-corrected chi connectivity index (χ3v) is 6.91. The summed E-state index contributed by atoms with van der Waals surface area (Å²) in [5.41, 5.74) is 6.97. The van der Waals surface area contributed by atoms with Gasteiger partial charge in [0.05, 0.1) is 0 Å². The molecule has 0 radical (unpaired) electrons. The first kappa shape index (κ1) is 24.6. The zero-order valence-electron chi connectivity index (χ0n) is 21.7. The Morgan fingerprint density at radius 1 is 0.487 bits per heavy atom. The van der Waals surface area contributed by atoms with Gasteiger partial charge in [0, 0.05) is 5.92 Å². The van der Waals surface area contributed by atoms with Gasteiger partial charge in [-0.05, 0) is 57.6 Å². The summed E-state index contributed by atoms with van der Waals surface area (Å²) in [5, 5.41) is 0. The highest BCUT2D eigenvalue weighted by atomic mass is 16.5. The molecule has 0 heterocycles. The molecule has 3 heteroatoms. The molecular weight excluding hydrogens is 480 g/mol. The van der Waals surface area contributed by atoms with Crippen LogP contribution in [0.4, 0.5) is 0 Å². The molecule has 0 saturated heterocycles. The smallest absolute Gasteiger partial charge is 0.162 e. The van der Waals surface area contributed by atoms with Gasteiger partial charge in [-0.25, -0.2) is 0 Å². The molecule has 0 bridgehead atoms. The summed E-state index contributed by atoms with van der Waals surface area (Å²) in [7, 11) is 0. The number of hydrogen-bond acceptors (Lipinski definition) is 3. The van der Waals surface area contributed by atoms with Gasteiger partial charge in [-0.15, -0.1) is 0 Å². The fourth-order valence-electron chi connectivity index (χ4n) is 4.81. The van der Waals surface area contributed by atoms with Crippen LogP contribution in [0, 0.1) is 0 Å². The van der Waals surface area contributed by atoms with Crippen molar-refractivity contribution in [3.63, 3.8) is 0 Å². The van der Waals surface area contributed by atoms with Crippen molar-refractivity contribution in [3.05, 3.63) is 167 Å². The molecule has 39 heavy (non-hydrogen) atoms. The Bertz CT molecular complexity index is 1530. The first-order valence-corrected chi connectivity index (χ1v) is 13.3. The second-order valence-electron chi connectivity index (χ2n) is 9.66. The van der Waals surface area contributed by atoms with Crippen LogP contribution in [0.5, 0.6) is 17.2 Å². The fraction of sp³-hybridized carbons (Fsp3) is 0.111. The maximum Gasteiger partial charge on any atom is 0.162 e. The van der Waals surface area contributed by atoms with Crippen molar-refractivity contribution >= 4 is 6.08 Å². The SMILES string of the molecule is C1=CC(c2ccc(OCc3ccccc3)cc2)c2cc(OCc3ccccc3)c(OCc3ccccc3)cc21. The van der Waals surface area contributed by atoms with Crippen LogP contribution in [-0.4, -0.2) is 0 Å². The number of rotatable bonds is 10. The first-order chi connectivity index (χ1) is 19.3. The summed E-state index contributed by atoms with van der Waals surface area (Å²) in [6, 6.07) is 43.3. The number of ether oxygens (including phenoxy) is 3. The molecule has 1 unspecified atom stereocenters. The molecule has 0 aromatic heterocycles.